The summed E-state index contributed by atoms with van der Waals surface area (Å²) in [6.07, 6.45) is 3.23. The van der Waals surface area contributed by atoms with Crippen LogP contribution >= 0.6 is 0 Å². The molecule has 0 radical (unpaired) electrons. The molecular weight excluding hydrogens is 250 g/mol. The maximum atomic E-state index is 12.0. The molecule has 5 nitrogen and oxygen atoms in total. The number of nitrogen functional groups attached to an aromatic ring is 1. The SMILES string of the molecule is Nc1cccc(S(=O)(=O)NCc2ccncc2)c1. The quantitative estimate of drug-likeness (QED) is 0.810. The second kappa shape index (κ2) is 5.16. The molecule has 0 saturated carbocycles. The van der Waals surface area contributed by atoms with Crippen molar-refractivity contribution in [2.45, 2.75) is 11.4 Å². The van der Waals surface area contributed by atoms with E-state index in [1.165, 1.54) is 12.1 Å². The smallest absolute Gasteiger partial charge is 0.240 e. The van der Waals surface area contributed by atoms with Crippen LogP contribution in [0.5, 0.6) is 0 Å². The van der Waals surface area contributed by atoms with Crippen molar-refractivity contribution in [3.8, 4) is 0 Å². The molecule has 0 saturated heterocycles. The first-order chi connectivity index (χ1) is 8.58. The van der Waals surface area contributed by atoms with Crippen LogP contribution in [0.25, 0.3) is 0 Å². The molecule has 2 aromatic rings. The van der Waals surface area contributed by atoms with Crippen LogP contribution in [0.3, 0.4) is 0 Å². The second-order valence-electron chi connectivity index (χ2n) is 3.75. The number of nitrogens with zero attached hydrogens (tertiary/aromatic N) is 1. The van der Waals surface area contributed by atoms with E-state index in [4.69, 9.17) is 5.73 Å². The Hall–Kier alpha value is -1.92. The molecule has 94 valence electrons. The predicted molar refractivity (Wildman–Crippen MR) is 69.1 cm³/mol. The van der Waals surface area contributed by atoms with Crippen molar-refractivity contribution < 1.29 is 8.42 Å². The minimum absolute atomic E-state index is 0.163. The van der Waals surface area contributed by atoms with Gasteiger partial charge < -0.3 is 5.73 Å². The average molecular weight is 263 g/mol. The third kappa shape index (κ3) is 3.06. The summed E-state index contributed by atoms with van der Waals surface area (Å²) in [5, 5.41) is 0. The van der Waals surface area contributed by atoms with Crippen LogP contribution in [0.15, 0.2) is 53.7 Å². The fraction of sp³-hybridized carbons (Fsp3) is 0.0833. The summed E-state index contributed by atoms with van der Waals surface area (Å²) in [6.45, 7) is 0.222. The Morgan fingerprint density at radius 3 is 2.56 bits per heavy atom. The zero-order valence-electron chi connectivity index (χ0n) is 9.58. The summed E-state index contributed by atoms with van der Waals surface area (Å²) in [4.78, 5) is 4.03. The highest BCUT2D eigenvalue weighted by Gasteiger charge is 2.13. The molecule has 0 aliphatic heterocycles. The van der Waals surface area contributed by atoms with E-state index in [9.17, 15) is 8.42 Å². The third-order valence-corrected chi connectivity index (χ3v) is 3.78. The van der Waals surface area contributed by atoms with Gasteiger partial charge in [-0.3, -0.25) is 4.98 Å². The predicted octanol–water partition coefficient (Wildman–Crippen LogP) is 1.14. The molecule has 0 spiro atoms. The van der Waals surface area contributed by atoms with Gasteiger partial charge >= 0.3 is 0 Å². The van der Waals surface area contributed by atoms with Crippen molar-refractivity contribution >= 4 is 15.7 Å². The minimum atomic E-state index is -3.53. The Labute approximate surface area is 106 Å². The van der Waals surface area contributed by atoms with E-state index < -0.39 is 10.0 Å². The van der Waals surface area contributed by atoms with Gasteiger partial charge in [0.1, 0.15) is 0 Å². The maximum Gasteiger partial charge on any atom is 0.240 e. The molecule has 0 amide bonds. The molecule has 18 heavy (non-hydrogen) atoms. The number of anilines is 1. The first-order valence-electron chi connectivity index (χ1n) is 5.32. The highest BCUT2D eigenvalue weighted by molar-refractivity contribution is 7.89. The molecule has 1 aromatic carbocycles. The molecular formula is C12H13N3O2S. The Morgan fingerprint density at radius 1 is 1.17 bits per heavy atom. The van der Waals surface area contributed by atoms with E-state index in [0.717, 1.165) is 5.56 Å². The highest BCUT2D eigenvalue weighted by atomic mass is 32.2. The monoisotopic (exact) mass is 263 g/mol. The number of rotatable bonds is 4. The lowest BCUT2D eigenvalue weighted by molar-refractivity contribution is 0.581. The van der Waals surface area contributed by atoms with Crippen LogP contribution in [-0.4, -0.2) is 13.4 Å². The lowest BCUT2D eigenvalue weighted by Crippen LogP contribution is -2.23. The van der Waals surface area contributed by atoms with Gasteiger partial charge in [0, 0.05) is 24.6 Å². The van der Waals surface area contributed by atoms with Gasteiger partial charge in [0.05, 0.1) is 4.90 Å². The number of aromatic nitrogens is 1. The van der Waals surface area contributed by atoms with Crippen molar-refractivity contribution in [1.29, 1.82) is 0 Å². The normalized spacial score (nSPS) is 11.3. The number of benzene rings is 1. The van der Waals surface area contributed by atoms with Crippen molar-refractivity contribution in [3.05, 3.63) is 54.4 Å². The molecule has 0 aliphatic carbocycles. The van der Waals surface area contributed by atoms with Crippen molar-refractivity contribution in [3.63, 3.8) is 0 Å². The lowest BCUT2D eigenvalue weighted by atomic mass is 10.3. The van der Waals surface area contributed by atoms with Crippen LogP contribution in [-0.2, 0) is 16.6 Å². The largest absolute Gasteiger partial charge is 0.399 e. The summed E-state index contributed by atoms with van der Waals surface area (Å²) in [5.41, 5.74) is 6.83. The molecule has 0 fully saturated rings. The van der Waals surface area contributed by atoms with Gasteiger partial charge in [-0.15, -0.1) is 0 Å². The van der Waals surface area contributed by atoms with Crippen molar-refractivity contribution in [2.24, 2.45) is 0 Å². The Kier molecular flexibility index (Phi) is 3.59. The molecule has 0 bridgehead atoms. The summed E-state index contributed by atoms with van der Waals surface area (Å²) in [7, 11) is -3.53. The molecule has 1 aromatic heterocycles. The van der Waals surface area contributed by atoms with Gasteiger partial charge in [-0.1, -0.05) is 6.07 Å². The minimum Gasteiger partial charge on any atom is -0.399 e. The molecule has 0 aliphatic rings. The average Bonchev–Trinajstić information content (AvgIpc) is 2.38. The second-order valence-corrected chi connectivity index (χ2v) is 5.52. The van der Waals surface area contributed by atoms with Crippen LogP contribution in [0, 0.1) is 0 Å². The molecule has 1 heterocycles. The van der Waals surface area contributed by atoms with E-state index in [-0.39, 0.29) is 11.4 Å². The standard InChI is InChI=1S/C12H13N3O2S/c13-11-2-1-3-12(8-11)18(16,17)15-9-10-4-6-14-7-5-10/h1-8,15H,9,13H2. The molecule has 0 unspecified atom stereocenters. The fourth-order valence-corrected chi connectivity index (χ4v) is 2.52. The zero-order chi connectivity index (χ0) is 13.0. The van der Waals surface area contributed by atoms with Gasteiger partial charge in [-0.2, -0.15) is 0 Å². The molecule has 2 rings (SSSR count). The van der Waals surface area contributed by atoms with Gasteiger partial charge in [-0.05, 0) is 35.9 Å². The zero-order valence-corrected chi connectivity index (χ0v) is 10.4. The fourth-order valence-electron chi connectivity index (χ4n) is 1.44. The van der Waals surface area contributed by atoms with E-state index in [0.29, 0.717) is 5.69 Å². The van der Waals surface area contributed by atoms with Gasteiger partial charge in [-0.25, -0.2) is 13.1 Å². The number of nitrogens with one attached hydrogen (secondary N) is 1. The number of hydrogen-bond acceptors (Lipinski definition) is 4. The van der Waals surface area contributed by atoms with Crippen LogP contribution in [0.2, 0.25) is 0 Å². The first-order valence-corrected chi connectivity index (χ1v) is 6.80. The third-order valence-electron chi connectivity index (χ3n) is 2.38. The van der Waals surface area contributed by atoms with Gasteiger partial charge in [0.15, 0.2) is 0 Å². The van der Waals surface area contributed by atoms with Crippen molar-refractivity contribution in [1.82, 2.24) is 9.71 Å². The van der Waals surface area contributed by atoms with Crippen LogP contribution in [0.1, 0.15) is 5.56 Å². The first kappa shape index (κ1) is 12.5. The summed E-state index contributed by atoms with van der Waals surface area (Å²) in [5.74, 6) is 0. The lowest BCUT2D eigenvalue weighted by Gasteiger charge is -2.07. The highest BCUT2D eigenvalue weighted by Crippen LogP contribution is 2.12. The maximum absolute atomic E-state index is 12.0. The van der Waals surface area contributed by atoms with Crippen molar-refractivity contribution in [2.75, 3.05) is 5.73 Å². The molecule has 0 atom stereocenters. The number of nitrogens with two attached hydrogens (primary N) is 1. The van der Waals surface area contributed by atoms with E-state index in [2.05, 4.69) is 9.71 Å². The van der Waals surface area contributed by atoms with Gasteiger partial charge in [0.25, 0.3) is 0 Å². The number of pyridine rings is 1. The molecule has 6 heteroatoms. The van der Waals surface area contributed by atoms with Gasteiger partial charge in [0.2, 0.25) is 10.0 Å². The van der Waals surface area contributed by atoms with Crippen LogP contribution in [0.4, 0.5) is 5.69 Å². The molecule has 3 N–H and O–H groups in total. The Morgan fingerprint density at radius 2 is 1.89 bits per heavy atom. The van der Waals surface area contributed by atoms with E-state index in [1.807, 2.05) is 0 Å². The topological polar surface area (TPSA) is 85.1 Å². The van der Waals surface area contributed by atoms with E-state index >= 15 is 0 Å². The summed E-state index contributed by atoms with van der Waals surface area (Å²) < 4.78 is 26.5. The summed E-state index contributed by atoms with van der Waals surface area (Å²) in [6, 6.07) is 9.68. The number of sulfonamides is 1. The number of hydrogen-bond donors (Lipinski definition) is 2. The van der Waals surface area contributed by atoms with Crippen LogP contribution < -0.4 is 10.5 Å². The Bertz CT molecular complexity index is 627. The Balaban J connectivity index is 2.13. The van der Waals surface area contributed by atoms with E-state index in [1.54, 1.807) is 36.7 Å². The summed E-state index contributed by atoms with van der Waals surface area (Å²) >= 11 is 0.